The van der Waals surface area contributed by atoms with Gasteiger partial charge in [-0.15, -0.1) is 0 Å². The summed E-state index contributed by atoms with van der Waals surface area (Å²) in [6, 6.07) is 7.52. The van der Waals surface area contributed by atoms with Gasteiger partial charge in [0.2, 0.25) is 65.0 Å². The number of nitrogens with zero attached hydrogens (tertiary/aromatic N) is 1. The van der Waals surface area contributed by atoms with Crippen LogP contribution >= 0.6 is 0 Å². The summed E-state index contributed by atoms with van der Waals surface area (Å²) in [5.74, 6) is -13.9. The molecule has 0 fully saturated rings. The number of carboxylic acids is 2. The summed E-state index contributed by atoms with van der Waals surface area (Å²) in [4.78, 5) is 182. The molecule has 4 aromatic rings. The number of hydrogen-bond donors (Lipinski definition) is 16. The lowest BCUT2D eigenvalue weighted by Gasteiger charge is -2.28. The summed E-state index contributed by atoms with van der Waals surface area (Å²) in [7, 11) is 0. The van der Waals surface area contributed by atoms with Crippen molar-refractivity contribution in [3.63, 3.8) is 0 Å². The van der Waals surface area contributed by atoms with Gasteiger partial charge in [0.05, 0.1) is 18.8 Å². The zero-order valence-electron chi connectivity index (χ0n) is 51.8. The molecule has 1 aromatic heterocycles. The van der Waals surface area contributed by atoms with E-state index >= 15 is 0 Å². The topological polar surface area (TPSA) is 498 Å². The number of aliphatic carboxylic acids is 2. The smallest absolute Gasteiger partial charge is 0.326 e. The number of amides is 11. The maximum absolute atomic E-state index is 14.7. The number of nitrogens with one attached hydrogen (secondary N) is 10. The van der Waals surface area contributed by atoms with Gasteiger partial charge >= 0.3 is 11.9 Å². The number of phenols is 1. The number of rotatable bonds is 39. The van der Waals surface area contributed by atoms with Gasteiger partial charge in [0.1, 0.15) is 60.1 Å². The van der Waals surface area contributed by atoms with Crippen molar-refractivity contribution in [1.82, 2.24) is 57.8 Å². The van der Waals surface area contributed by atoms with E-state index in [1.165, 1.54) is 43.7 Å². The number of hydrogen-bond acceptors (Lipinski definition) is 16. The average molecular weight is 1280 g/mol. The van der Waals surface area contributed by atoms with Gasteiger partial charge in [0, 0.05) is 50.4 Å². The molecule has 92 heavy (non-hydrogen) atoms. The number of benzene rings is 3. The number of aromatic nitrogens is 2. The van der Waals surface area contributed by atoms with Crippen molar-refractivity contribution in [2.75, 3.05) is 0 Å². The first-order chi connectivity index (χ1) is 43.5. The lowest BCUT2D eigenvalue weighted by Crippen LogP contribution is -2.61. The summed E-state index contributed by atoms with van der Waals surface area (Å²) >= 11 is 0. The van der Waals surface area contributed by atoms with Crippen LogP contribution in [0.3, 0.4) is 0 Å². The predicted octanol–water partition coefficient (Wildman–Crippen LogP) is -1.72. The molecule has 498 valence electrons. The van der Waals surface area contributed by atoms with E-state index in [1.54, 1.807) is 88.4 Å². The Morgan fingerprint density at radius 3 is 1.29 bits per heavy atom. The molecule has 0 saturated heterocycles. The molecule has 30 heteroatoms. The van der Waals surface area contributed by atoms with Crippen LogP contribution in [0.15, 0.2) is 97.5 Å². The van der Waals surface area contributed by atoms with Gasteiger partial charge in [-0.25, -0.2) is 9.78 Å². The average Bonchev–Trinajstić information content (AvgIpc) is 1.17. The number of nitrogens with two attached hydrogens (primary N) is 3. The molecular weight excluding hydrogens is 1200 g/mol. The van der Waals surface area contributed by atoms with Crippen molar-refractivity contribution < 1.29 is 77.6 Å². The Hall–Kier alpha value is -10.3. The fraction of sp³-hybridized carbons (Fsp3) is 0.452. The van der Waals surface area contributed by atoms with Gasteiger partial charge in [-0.2, -0.15) is 0 Å². The van der Waals surface area contributed by atoms with Gasteiger partial charge in [-0.1, -0.05) is 107 Å². The number of carbonyl (C=O) groups is 13. The fourth-order valence-electron chi connectivity index (χ4n) is 9.37. The van der Waals surface area contributed by atoms with Crippen LogP contribution in [0.25, 0.3) is 0 Å². The number of carboxylic acid groups (broad SMARTS) is 2. The molecule has 3 aromatic carbocycles. The molecule has 0 saturated carbocycles. The van der Waals surface area contributed by atoms with Crippen molar-refractivity contribution in [2.24, 2.45) is 29.0 Å². The summed E-state index contributed by atoms with van der Waals surface area (Å²) in [6.45, 7) is 8.11. The number of imidazole rings is 1. The molecule has 19 N–H and O–H groups in total. The Balaban J connectivity index is 1.64. The zero-order valence-corrected chi connectivity index (χ0v) is 51.8. The van der Waals surface area contributed by atoms with Crippen molar-refractivity contribution in [3.8, 4) is 5.75 Å². The summed E-state index contributed by atoms with van der Waals surface area (Å²) in [6.07, 6.45) is -0.358. The van der Waals surface area contributed by atoms with Crippen LogP contribution in [0.1, 0.15) is 102 Å². The van der Waals surface area contributed by atoms with Gasteiger partial charge in [-0.05, 0) is 66.8 Å². The van der Waals surface area contributed by atoms with Gasteiger partial charge in [-0.3, -0.25) is 57.5 Å². The largest absolute Gasteiger partial charge is 0.508 e. The highest BCUT2D eigenvalue weighted by atomic mass is 16.4. The third kappa shape index (κ3) is 25.7. The molecule has 0 unspecified atom stereocenters. The number of aromatic hydroxyl groups is 1. The Kier molecular flexibility index (Phi) is 29.9. The van der Waals surface area contributed by atoms with E-state index in [4.69, 9.17) is 22.3 Å². The van der Waals surface area contributed by atoms with Crippen molar-refractivity contribution in [2.45, 2.75) is 166 Å². The van der Waals surface area contributed by atoms with Crippen LogP contribution in [0, 0.1) is 11.8 Å². The Bertz CT molecular complexity index is 3170. The number of aromatic amines is 1. The van der Waals surface area contributed by atoms with E-state index in [1.807, 2.05) is 0 Å². The van der Waals surface area contributed by atoms with Crippen LogP contribution < -0.4 is 65.1 Å². The molecule has 0 spiro atoms. The Labute approximate surface area is 530 Å². The van der Waals surface area contributed by atoms with E-state index in [2.05, 4.69) is 57.8 Å². The molecule has 11 amide bonds. The van der Waals surface area contributed by atoms with Crippen molar-refractivity contribution >= 4 is 76.9 Å². The highest BCUT2D eigenvalue weighted by Crippen LogP contribution is 2.16. The van der Waals surface area contributed by atoms with Gasteiger partial charge in [0.15, 0.2) is 0 Å². The maximum Gasteiger partial charge on any atom is 0.326 e. The number of carbonyl (C=O) groups excluding carboxylic acids is 11. The third-order valence-electron chi connectivity index (χ3n) is 14.7. The molecule has 0 aliphatic carbocycles. The molecule has 0 aliphatic heterocycles. The van der Waals surface area contributed by atoms with Gasteiger partial charge in [0.25, 0.3) is 0 Å². The molecule has 0 aliphatic rings. The molecule has 4 rings (SSSR count). The van der Waals surface area contributed by atoms with Crippen LogP contribution in [0.5, 0.6) is 5.75 Å². The quantitative estimate of drug-likeness (QED) is 0.0236. The highest BCUT2D eigenvalue weighted by Gasteiger charge is 2.37. The predicted molar refractivity (Wildman–Crippen MR) is 331 cm³/mol. The van der Waals surface area contributed by atoms with E-state index < -0.39 is 169 Å². The monoisotopic (exact) mass is 1280 g/mol. The highest BCUT2D eigenvalue weighted by molar-refractivity contribution is 5.99. The molecule has 0 radical (unpaired) electrons. The standard InChI is InChI=1S/C62H84N14O16/c1-6-34(4)52(62(91)92)76-61(90)47(28-38-17-19-40(77)20-18-38)74-59(88)46(27-37-15-11-8-12-16-37)73-56(85)43(22-24-50(65)79)70-60(89)48(29-39-31-66-32-67-39)75-58(87)45(26-36-13-9-7-10-14-36)71-53(82)35(5)68-57(86)44(25-33(2)3)72-55(84)42(21-23-49(64)78)69-54(83)41(63)30-51(80)81/h7-20,31-35,41-48,52,77H,6,21-30,63H2,1-5H3,(H2,64,78)(H2,65,79)(H,66,67)(H,68,86)(H,69,83)(H,70,89)(H,71,82)(H,72,84)(H,73,85)(H,74,88)(H,75,87)(H,76,90)(H,80,81)(H,91,92)/t34-,35-,41-,42-,43-,44-,45-,46-,47-,48-,52-/m0/s1. The summed E-state index contributed by atoms with van der Waals surface area (Å²) < 4.78 is 0. The van der Waals surface area contributed by atoms with Crippen LogP contribution in [-0.4, -0.2) is 163 Å². The molecule has 1 heterocycles. The van der Waals surface area contributed by atoms with Crippen molar-refractivity contribution in [3.05, 3.63) is 120 Å². The summed E-state index contributed by atoms with van der Waals surface area (Å²) in [5.41, 5.74) is 18.4. The molecular formula is C62H84N14O16. The zero-order chi connectivity index (χ0) is 68.2. The van der Waals surface area contributed by atoms with E-state index in [0.29, 0.717) is 28.8 Å². The van der Waals surface area contributed by atoms with E-state index in [-0.39, 0.29) is 50.2 Å². The first-order valence-electron chi connectivity index (χ1n) is 29.9. The Morgan fingerprint density at radius 1 is 0.489 bits per heavy atom. The fourth-order valence-corrected chi connectivity index (χ4v) is 9.37. The van der Waals surface area contributed by atoms with E-state index in [9.17, 15) is 72.5 Å². The lowest BCUT2D eigenvalue weighted by molar-refractivity contribution is -0.144. The number of primary amides is 2. The van der Waals surface area contributed by atoms with E-state index in [0.717, 1.165) is 0 Å². The number of H-pyrrole nitrogens is 1. The van der Waals surface area contributed by atoms with Crippen LogP contribution in [0.2, 0.25) is 0 Å². The lowest BCUT2D eigenvalue weighted by atomic mass is 9.97. The first-order valence-corrected chi connectivity index (χ1v) is 29.9. The Morgan fingerprint density at radius 2 is 0.880 bits per heavy atom. The minimum Gasteiger partial charge on any atom is -0.508 e. The second kappa shape index (κ2) is 37.0. The molecule has 11 atom stereocenters. The SMILES string of the molecule is CC[C@H](C)[C@H](NC(=O)[C@H](Cc1ccc(O)cc1)NC(=O)[C@H](Cc1ccccc1)NC(=O)[C@H](CCC(N)=O)NC(=O)[C@H](Cc1cnc[nH]1)NC(=O)[C@H](Cc1ccccc1)NC(=O)[C@H](C)NC(=O)[C@H](CC(C)C)NC(=O)[C@H](CCC(N)=O)NC(=O)[C@@H](N)CC(=O)O)C(=O)O. The summed E-state index contributed by atoms with van der Waals surface area (Å²) in [5, 5.41) is 52.1. The maximum atomic E-state index is 14.7. The third-order valence-corrected chi connectivity index (χ3v) is 14.7. The van der Waals surface area contributed by atoms with Crippen LogP contribution in [-0.2, 0) is 88.0 Å². The second-order valence-electron chi connectivity index (χ2n) is 22.7. The minimum absolute atomic E-state index is 0.0193. The second-order valence-corrected chi connectivity index (χ2v) is 22.7. The molecule has 0 bridgehead atoms. The van der Waals surface area contributed by atoms with Crippen molar-refractivity contribution in [1.29, 1.82) is 0 Å². The minimum atomic E-state index is -1.65. The normalized spacial score (nSPS) is 14.6. The first kappa shape index (κ1) is 74.2. The van der Waals surface area contributed by atoms with Gasteiger partial charge < -0.3 is 85.4 Å². The molecule has 30 nitrogen and oxygen atoms in total. The number of phenolic OH excluding ortho intramolecular Hbond substituents is 1. The van der Waals surface area contributed by atoms with Crippen LogP contribution in [0.4, 0.5) is 0 Å².